The van der Waals surface area contributed by atoms with Crippen LogP contribution >= 0.6 is 0 Å². The van der Waals surface area contributed by atoms with Crippen molar-refractivity contribution in [2.75, 3.05) is 6.54 Å². The molecule has 1 atom stereocenters. The molecular formula is C11H12N4O5. The summed E-state index contributed by atoms with van der Waals surface area (Å²) in [6.07, 6.45) is 0.341. The zero-order valence-corrected chi connectivity index (χ0v) is 10.6. The fourth-order valence-electron chi connectivity index (χ4n) is 2.06. The van der Waals surface area contributed by atoms with E-state index in [-0.39, 0.29) is 18.1 Å². The van der Waals surface area contributed by atoms with E-state index in [2.05, 4.69) is 10.3 Å². The van der Waals surface area contributed by atoms with Crippen LogP contribution in [0.3, 0.4) is 0 Å². The minimum Gasteiger partial charge on any atom is -0.358 e. The van der Waals surface area contributed by atoms with Gasteiger partial charge in [-0.05, 0) is 17.4 Å². The zero-order valence-electron chi connectivity index (χ0n) is 10.6. The molecule has 20 heavy (non-hydrogen) atoms. The molecule has 2 N–H and O–H groups in total. The molecule has 0 aliphatic carbocycles. The quantitative estimate of drug-likeness (QED) is 0.450. The van der Waals surface area contributed by atoms with Crippen LogP contribution in [0.5, 0.6) is 0 Å². The van der Waals surface area contributed by atoms with Gasteiger partial charge in [-0.2, -0.15) is 0 Å². The summed E-state index contributed by atoms with van der Waals surface area (Å²) in [4.78, 5) is 48.6. The summed E-state index contributed by atoms with van der Waals surface area (Å²) in [6.45, 7) is 1.45. The summed E-state index contributed by atoms with van der Waals surface area (Å²) in [7, 11) is 0. The van der Waals surface area contributed by atoms with Gasteiger partial charge in [0.15, 0.2) is 5.69 Å². The largest absolute Gasteiger partial charge is 0.358 e. The molecule has 0 radical (unpaired) electrons. The topological polar surface area (TPSA) is 125 Å². The number of nitrogens with zero attached hydrogens (tertiary/aromatic N) is 2. The molecule has 2 heterocycles. The Morgan fingerprint density at radius 2 is 2.20 bits per heavy atom. The van der Waals surface area contributed by atoms with Crippen molar-refractivity contribution in [3.63, 3.8) is 0 Å². The van der Waals surface area contributed by atoms with Crippen LogP contribution in [0.15, 0.2) is 12.1 Å². The first-order valence-corrected chi connectivity index (χ1v) is 5.92. The zero-order chi connectivity index (χ0) is 14.9. The van der Waals surface area contributed by atoms with E-state index in [1.165, 1.54) is 6.07 Å². The smallest absolute Gasteiger partial charge is 0.321 e. The number of hydrogen-bond donors (Lipinski definition) is 2. The van der Waals surface area contributed by atoms with Crippen molar-refractivity contribution in [2.45, 2.75) is 19.4 Å². The van der Waals surface area contributed by atoms with Gasteiger partial charge in [-0.1, -0.05) is 6.92 Å². The fraction of sp³-hybridized carbons (Fsp3) is 0.364. The van der Waals surface area contributed by atoms with Gasteiger partial charge in [-0.3, -0.25) is 19.7 Å². The number of rotatable bonds is 3. The monoisotopic (exact) mass is 280 g/mol. The standard InChI is InChI=1S/C11H12N4O5/c1-2-7-10(17)13-9(16)5-14(7)11(18)6-3-4-8(12-6)15(19)20/h3-4,7,12H,2,5H2,1H3,(H,13,16,17). The molecule has 0 spiro atoms. The van der Waals surface area contributed by atoms with E-state index in [1.54, 1.807) is 6.92 Å². The number of hydrogen-bond acceptors (Lipinski definition) is 5. The lowest BCUT2D eigenvalue weighted by molar-refractivity contribution is -0.389. The van der Waals surface area contributed by atoms with E-state index in [0.717, 1.165) is 11.0 Å². The van der Waals surface area contributed by atoms with E-state index in [4.69, 9.17) is 0 Å². The van der Waals surface area contributed by atoms with Gasteiger partial charge in [-0.15, -0.1) is 0 Å². The maximum absolute atomic E-state index is 12.2. The summed E-state index contributed by atoms with van der Waals surface area (Å²) < 4.78 is 0. The maximum Gasteiger partial charge on any atom is 0.321 e. The molecule has 1 aliphatic rings. The van der Waals surface area contributed by atoms with Crippen molar-refractivity contribution in [1.82, 2.24) is 15.2 Å². The molecule has 0 saturated carbocycles. The number of nitrogens with one attached hydrogen (secondary N) is 2. The molecule has 9 heteroatoms. The van der Waals surface area contributed by atoms with Crippen LogP contribution in [0.25, 0.3) is 0 Å². The number of imide groups is 1. The number of carbonyl (C=O) groups is 3. The highest BCUT2D eigenvalue weighted by Crippen LogP contribution is 2.16. The number of carbonyl (C=O) groups excluding carboxylic acids is 3. The number of aromatic nitrogens is 1. The van der Waals surface area contributed by atoms with Crippen molar-refractivity contribution < 1.29 is 19.3 Å². The van der Waals surface area contributed by atoms with Gasteiger partial charge in [0.25, 0.3) is 5.91 Å². The molecule has 106 valence electrons. The van der Waals surface area contributed by atoms with E-state index < -0.39 is 28.7 Å². The minimum absolute atomic E-state index is 0.0300. The normalized spacial score (nSPS) is 18.9. The SMILES string of the molecule is CCC1C(=O)NC(=O)CN1C(=O)c1ccc([N+](=O)[O-])[nH]1. The van der Waals surface area contributed by atoms with Gasteiger partial charge in [0.05, 0.1) is 0 Å². The van der Waals surface area contributed by atoms with Crippen LogP contribution in [0, 0.1) is 10.1 Å². The number of nitro groups is 1. The molecule has 3 amide bonds. The van der Waals surface area contributed by atoms with E-state index in [1.807, 2.05) is 0 Å². The highest BCUT2D eigenvalue weighted by atomic mass is 16.6. The molecule has 1 fully saturated rings. The van der Waals surface area contributed by atoms with Crippen molar-refractivity contribution in [2.24, 2.45) is 0 Å². The molecular weight excluding hydrogens is 268 g/mol. The van der Waals surface area contributed by atoms with E-state index in [9.17, 15) is 24.5 Å². The van der Waals surface area contributed by atoms with Gasteiger partial charge in [0.1, 0.15) is 12.6 Å². The molecule has 2 rings (SSSR count). The molecule has 0 aromatic carbocycles. The number of amides is 3. The van der Waals surface area contributed by atoms with E-state index >= 15 is 0 Å². The Hall–Kier alpha value is -2.71. The molecule has 0 bridgehead atoms. The maximum atomic E-state index is 12.2. The molecule has 1 aliphatic heterocycles. The molecule has 9 nitrogen and oxygen atoms in total. The molecule has 1 saturated heterocycles. The van der Waals surface area contributed by atoms with Crippen LogP contribution in [0.1, 0.15) is 23.8 Å². The molecule has 1 aromatic rings. The Labute approximate surface area is 113 Å². The van der Waals surface area contributed by atoms with Crippen LogP contribution in [0.4, 0.5) is 5.82 Å². The summed E-state index contributed by atoms with van der Waals surface area (Å²) in [6, 6.07) is 1.65. The second-order valence-corrected chi connectivity index (χ2v) is 4.28. The lowest BCUT2D eigenvalue weighted by atomic mass is 10.1. The Kier molecular flexibility index (Phi) is 3.51. The second kappa shape index (κ2) is 5.11. The third-order valence-electron chi connectivity index (χ3n) is 3.00. The van der Waals surface area contributed by atoms with Crippen LogP contribution in [-0.2, 0) is 9.59 Å². The Balaban J connectivity index is 2.27. The van der Waals surface area contributed by atoms with Gasteiger partial charge in [0.2, 0.25) is 11.8 Å². The van der Waals surface area contributed by atoms with Gasteiger partial charge in [-0.25, -0.2) is 4.98 Å². The number of piperazine rings is 1. The highest BCUT2D eigenvalue weighted by molar-refractivity contribution is 6.06. The third-order valence-corrected chi connectivity index (χ3v) is 3.00. The predicted octanol–water partition coefficient (Wildman–Crippen LogP) is -0.200. The average Bonchev–Trinajstić information content (AvgIpc) is 2.86. The Bertz CT molecular complexity index is 593. The fourth-order valence-corrected chi connectivity index (χ4v) is 2.06. The number of H-pyrrole nitrogens is 1. The first-order chi connectivity index (χ1) is 9.43. The van der Waals surface area contributed by atoms with Crippen molar-refractivity contribution >= 4 is 23.5 Å². The van der Waals surface area contributed by atoms with Crippen molar-refractivity contribution in [3.05, 3.63) is 27.9 Å². The van der Waals surface area contributed by atoms with E-state index in [0.29, 0.717) is 6.42 Å². The Morgan fingerprint density at radius 3 is 2.75 bits per heavy atom. The summed E-state index contributed by atoms with van der Waals surface area (Å²) >= 11 is 0. The van der Waals surface area contributed by atoms with Crippen molar-refractivity contribution in [3.8, 4) is 0 Å². The third kappa shape index (κ3) is 2.37. The second-order valence-electron chi connectivity index (χ2n) is 4.28. The first kappa shape index (κ1) is 13.7. The molecule has 1 aromatic heterocycles. The minimum atomic E-state index is -0.762. The van der Waals surface area contributed by atoms with Gasteiger partial charge in [0, 0.05) is 6.07 Å². The highest BCUT2D eigenvalue weighted by Gasteiger charge is 2.37. The lowest BCUT2D eigenvalue weighted by Gasteiger charge is -2.32. The average molecular weight is 280 g/mol. The summed E-state index contributed by atoms with van der Waals surface area (Å²) in [5, 5.41) is 12.7. The Morgan fingerprint density at radius 1 is 1.50 bits per heavy atom. The van der Waals surface area contributed by atoms with Crippen molar-refractivity contribution in [1.29, 1.82) is 0 Å². The van der Waals surface area contributed by atoms with Crippen LogP contribution in [-0.4, -0.2) is 45.1 Å². The summed E-state index contributed by atoms with van der Waals surface area (Å²) in [5.74, 6) is -2.06. The van der Waals surface area contributed by atoms with Crippen LogP contribution < -0.4 is 5.32 Å². The van der Waals surface area contributed by atoms with Gasteiger partial charge >= 0.3 is 5.82 Å². The summed E-state index contributed by atoms with van der Waals surface area (Å²) in [5.41, 5.74) is -0.0300. The lowest BCUT2D eigenvalue weighted by Crippen LogP contribution is -2.59. The predicted molar refractivity (Wildman–Crippen MR) is 65.7 cm³/mol. The van der Waals surface area contributed by atoms with Crippen LogP contribution in [0.2, 0.25) is 0 Å². The number of aromatic amines is 1. The first-order valence-electron chi connectivity index (χ1n) is 5.92. The molecule has 1 unspecified atom stereocenters. The van der Waals surface area contributed by atoms with Gasteiger partial charge < -0.3 is 15.0 Å².